The molecule has 1 heterocycles. The molecule has 0 spiro atoms. The molecule has 0 aliphatic rings. The van der Waals surface area contributed by atoms with E-state index in [0.717, 1.165) is 27.3 Å². The van der Waals surface area contributed by atoms with Crippen molar-refractivity contribution in [1.82, 2.24) is 15.5 Å². The molecule has 2 rings (SSSR count). The smallest absolute Gasteiger partial charge is 0.233 e. The van der Waals surface area contributed by atoms with E-state index in [-0.39, 0.29) is 11.2 Å². The second-order valence-electron chi connectivity index (χ2n) is 4.69. The molecule has 8 heteroatoms. The van der Waals surface area contributed by atoms with E-state index in [0.29, 0.717) is 6.54 Å². The average molecular weight is 352 g/mol. The quantitative estimate of drug-likeness (QED) is 0.712. The number of ether oxygens (including phenoxy) is 1. The summed E-state index contributed by atoms with van der Waals surface area (Å²) in [6.45, 7) is 5.10. The van der Waals surface area contributed by atoms with Crippen LogP contribution in [0.4, 0.5) is 5.13 Å². The van der Waals surface area contributed by atoms with Gasteiger partial charge < -0.3 is 15.4 Å². The van der Waals surface area contributed by atoms with Crippen molar-refractivity contribution < 1.29 is 9.53 Å². The average Bonchev–Trinajstić information content (AvgIpc) is 3.00. The Morgan fingerprint density at radius 3 is 2.91 bits per heavy atom. The standard InChI is InChI=1S/C15H20N4O2S2/c1-4-16-14-18-19-15(23-14)22-10(2)13(20)17-9-11-7-5-6-8-12(11)21-3/h5-8,10H,4,9H2,1-3H3,(H,16,18)(H,17,20). The van der Waals surface area contributed by atoms with E-state index < -0.39 is 0 Å². The number of nitrogens with zero attached hydrogens (tertiary/aromatic N) is 2. The van der Waals surface area contributed by atoms with Crippen LogP contribution >= 0.6 is 23.1 Å². The normalized spacial score (nSPS) is 11.8. The first kappa shape index (κ1) is 17.6. The van der Waals surface area contributed by atoms with Crippen molar-refractivity contribution >= 4 is 34.1 Å². The molecular weight excluding hydrogens is 332 g/mol. The van der Waals surface area contributed by atoms with Crippen LogP contribution in [0.1, 0.15) is 19.4 Å². The van der Waals surface area contributed by atoms with Crippen LogP contribution in [0.2, 0.25) is 0 Å². The maximum absolute atomic E-state index is 12.2. The molecule has 0 saturated carbocycles. The highest BCUT2D eigenvalue weighted by Gasteiger charge is 2.17. The van der Waals surface area contributed by atoms with Crippen LogP contribution in [0.25, 0.3) is 0 Å². The highest BCUT2D eigenvalue weighted by molar-refractivity contribution is 8.02. The van der Waals surface area contributed by atoms with E-state index >= 15 is 0 Å². The van der Waals surface area contributed by atoms with Crippen molar-refractivity contribution in [3.63, 3.8) is 0 Å². The number of amides is 1. The molecule has 0 saturated heterocycles. The molecule has 0 fully saturated rings. The highest BCUT2D eigenvalue weighted by Crippen LogP contribution is 2.29. The first-order chi connectivity index (χ1) is 11.1. The van der Waals surface area contributed by atoms with Gasteiger partial charge >= 0.3 is 0 Å². The van der Waals surface area contributed by atoms with Crippen LogP contribution in [0, 0.1) is 0 Å². The number of rotatable bonds is 8. The van der Waals surface area contributed by atoms with Crippen molar-refractivity contribution in [3.05, 3.63) is 29.8 Å². The summed E-state index contributed by atoms with van der Waals surface area (Å²) in [6, 6.07) is 7.64. The van der Waals surface area contributed by atoms with Gasteiger partial charge in [0.25, 0.3) is 0 Å². The van der Waals surface area contributed by atoms with Crippen LogP contribution in [-0.2, 0) is 11.3 Å². The van der Waals surface area contributed by atoms with E-state index in [2.05, 4.69) is 20.8 Å². The third kappa shape index (κ3) is 5.11. The van der Waals surface area contributed by atoms with Crippen molar-refractivity contribution in [2.24, 2.45) is 0 Å². The molecule has 0 bridgehead atoms. The number of hydrogen-bond acceptors (Lipinski definition) is 7. The van der Waals surface area contributed by atoms with E-state index in [1.165, 1.54) is 23.1 Å². The minimum atomic E-state index is -0.243. The fourth-order valence-corrected chi connectivity index (χ4v) is 3.85. The molecule has 1 amide bonds. The number of carbonyl (C=O) groups is 1. The number of thioether (sulfide) groups is 1. The van der Waals surface area contributed by atoms with Gasteiger partial charge in [0.2, 0.25) is 11.0 Å². The van der Waals surface area contributed by atoms with Gasteiger partial charge in [-0.1, -0.05) is 41.3 Å². The molecule has 23 heavy (non-hydrogen) atoms. The number of hydrogen-bond donors (Lipinski definition) is 2. The summed E-state index contributed by atoms with van der Waals surface area (Å²) in [5.74, 6) is 0.730. The molecule has 1 aromatic carbocycles. The van der Waals surface area contributed by atoms with Gasteiger partial charge in [-0.25, -0.2) is 0 Å². The zero-order valence-corrected chi connectivity index (χ0v) is 15.0. The number of methoxy groups -OCH3 is 1. The van der Waals surface area contributed by atoms with Gasteiger partial charge in [-0.05, 0) is 19.9 Å². The van der Waals surface area contributed by atoms with Crippen LogP contribution < -0.4 is 15.4 Å². The van der Waals surface area contributed by atoms with Gasteiger partial charge in [-0.15, -0.1) is 10.2 Å². The zero-order chi connectivity index (χ0) is 16.7. The number of para-hydroxylation sites is 1. The van der Waals surface area contributed by atoms with Crippen LogP contribution in [0.15, 0.2) is 28.6 Å². The highest BCUT2D eigenvalue weighted by atomic mass is 32.2. The molecule has 2 N–H and O–H groups in total. The predicted octanol–water partition coefficient (Wildman–Crippen LogP) is 2.78. The third-order valence-corrected chi connectivity index (χ3v) is 5.09. The second-order valence-corrected chi connectivity index (χ2v) is 7.26. The molecule has 0 radical (unpaired) electrons. The van der Waals surface area contributed by atoms with Crippen LogP contribution in [0.3, 0.4) is 0 Å². The van der Waals surface area contributed by atoms with Gasteiger partial charge in [-0.2, -0.15) is 0 Å². The lowest BCUT2D eigenvalue weighted by Gasteiger charge is -2.12. The van der Waals surface area contributed by atoms with Crippen molar-refractivity contribution in [2.75, 3.05) is 19.0 Å². The Balaban J connectivity index is 1.87. The first-order valence-electron chi connectivity index (χ1n) is 7.27. The predicted molar refractivity (Wildman–Crippen MR) is 94.2 cm³/mol. The fraction of sp³-hybridized carbons (Fsp3) is 0.400. The van der Waals surface area contributed by atoms with Crippen molar-refractivity contribution in [1.29, 1.82) is 0 Å². The van der Waals surface area contributed by atoms with Crippen molar-refractivity contribution in [3.8, 4) is 5.75 Å². The summed E-state index contributed by atoms with van der Waals surface area (Å²) in [7, 11) is 1.62. The van der Waals surface area contributed by atoms with E-state index in [1.807, 2.05) is 38.1 Å². The summed E-state index contributed by atoms with van der Waals surface area (Å²) in [5.41, 5.74) is 0.950. The number of anilines is 1. The molecule has 2 aromatic rings. The first-order valence-corrected chi connectivity index (χ1v) is 8.97. The minimum absolute atomic E-state index is 0.0406. The third-order valence-electron chi connectivity index (χ3n) is 3.03. The summed E-state index contributed by atoms with van der Waals surface area (Å²) < 4.78 is 6.06. The largest absolute Gasteiger partial charge is 0.496 e. The van der Waals surface area contributed by atoms with Gasteiger partial charge in [0.05, 0.1) is 12.4 Å². The molecule has 0 aliphatic carbocycles. The Kier molecular flexibility index (Phi) is 6.66. The maximum Gasteiger partial charge on any atom is 0.233 e. The lowest BCUT2D eigenvalue weighted by atomic mass is 10.2. The van der Waals surface area contributed by atoms with Crippen LogP contribution in [-0.4, -0.2) is 35.0 Å². The van der Waals surface area contributed by atoms with Gasteiger partial charge in [-0.3, -0.25) is 4.79 Å². The van der Waals surface area contributed by atoms with E-state index in [9.17, 15) is 4.79 Å². The summed E-state index contributed by atoms with van der Waals surface area (Å²) in [4.78, 5) is 12.2. The Hall–Kier alpha value is -1.80. The molecule has 1 atom stereocenters. The summed E-state index contributed by atoms with van der Waals surface area (Å²) >= 11 is 2.86. The Morgan fingerprint density at radius 2 is 2.17 bits per heavy atom. The number of benzene rings is 1. The minimum Gasteiger partial charge on any atom is -0.496 e. The topological polar surface area (TPSA) is 76.1 Å². The molecular formula is C15H20N4O2S2. The molecule has 0 aliphatic heterocycles. The molecule has 1 aromatic heterocycles. The Morgan fingerprint density at radius 1 is 1.39 bits per heavy atom. The second kappa shape index (κ2) is 8.73. The summed E-state index contributed by atoms with van der Waals surface area (Å²) in [6.07, 6.45) is 0. The fourth-order valence-electron chi connectivity index (χ4n) is 1.86. The SMILES string of the molecule is CCNc1nnc(SC(C)C(=O)NCc2ccccc2OC)s1. The van der Waals surface area contributed by atoms with Gasteiger partial charge in [0.15, 0.2) is 4.34 Å². The maximum atomic E-state index is 12.2. The Bertz CT molecular complexity index is 648. The zero-order valence-electron chi connectivity index (χ0n) is 13.3. The monoisotopic (exact) mass is 352 g/mol. The summed E-state index contributed by atoms with van der Waals surface area (Å²) in [5, 5.41) is 14.7. The van der Waals surface area contributed by atoms with E-state index in [4.69, 9.17) is 4.74 Å². The molecule has 124 valence electrons. The molecule has 1 unspecified atom stereocenters. The van der Waals surface area contributed by atoms with Crippen LogP contribution in [0.5, 0.6) is 5.75 Å². The molecule has 6 nitrogen and oxygen atoms in total. The lowest BCUT2D eigenvalue weighted by molar-refractivity contribution is -0.120. The van der Waals surface area contributed by atoms with Gasteiger partial charge in [0, 0.05) is 18.7 Å². The van der Waals surface area contributed by atoms with Gasteiger partial charge in [0.1, 0.15) is 5.75 Å². The number of carbonyl (C=O) groups excluding carboxylic acids is 1. The van der Waals surface area contributed by atoms with Crippen molar-refractivity contribution in [2.45, 2.75) is 30.0 Å². The number of nitrogens with one attached hydrogen (secondary N) is 2. The van der Waals surface area contributed by atoms with E-state index in [1.54, 1.807) is 7.11 Å². The lowest BCUT2D eigenvalue weighted by Crippen LogP contribution is -2.30. The number of aromatic nitrogens is 2. The Labute approximate surface area is 144 Å².